The highest BCUT2D eigenvalue weighted by molar-refractivity contribution is 6.48. The van der Waals surface area contributed by atoms with Crippen molar-refractivity contribution < 1.29 is 4.80 Å². The van der Waals surface area contributed by atoms with Crippen molar-refractivity contribution in [2.45, 2.75) is 38.8 Å². The van der Waals surface area contributed by atoms with Gasteiger partial charge in [0.2, 0.25) is 0 Å². The van der Waals surface area contributed by atoms with Gasteiger partial charge in [-0.25, -0.2) is 0 Å². The van der Waals surface area contributed by atoms with Crippen molar-refractivity contribution in [1.82, 2.24) is 0 Å². The maximum Gasteiger partial charge on any atom is 0.169 e. The lowest BCUT2D eigenvalue weighted by molar-refractivity contribution is 0.510. The quantitative estimate of drug-likeness (QED) is 0.505. The fourth-order valence-corrected chi connectivity index (χ4v) is 2.63. The Hall–Kier alpha value is -0.333. The molecule has 0 heterocycles. The Bertz CT molecular complexity index is 131. The average molecular weight is 171 g/mol. The van der Waals surface area contributed by atoms with Gasteiger partial charge < -0.3 is 4.80 Å². The van der Waals surface area contributed by atoms with Crippen LogP contribution in [0.3, 0.4) is 0 Å². The van der Waals surface area contributed by atoms with Crippen molar-refractivity contribution in [3.63, 3.8) is 0 Å². The zero-order chi connectivity index (χ0) is 8.69. The Balaban J connectivity index is 3.24. The molecule has 0 fully saturated rings. The molecule has 0 aromatic rings. The smallest absolute Gasteiger partial charge is 0.169 e. The second-order valence-electron chi connectivity index (χ2n) is 3.24. The van der Waals surface area contributed by atoms with E-state index in [1.165, 1.54) is 0 Å². The highest BCUT2D eigenvalue weighted by Crippen LogP contribution is 2.13. The monoisotopic (exact) mass is 171 g/mol. The van der Waals surface area contributed by atoms with E-state index in [2.05, 4.69) is 13.0 Å². The van der Waals surface area contributed by atoms with Crippen molar-refractivity contribution in [2.24, 2.45) is 5.92 Å². The summed E-state index contributed by atoms with van der Waals surface area (Å²) in [6.45, 7) is 4.10. The maximum absolute atomic E-state index is 9.15. The van der Waals surface area contributed by atoms with Gasteiger partial charge in [0.1, 0.15) is 0 Å². The van der Waals surface area contributed by atoms with E-state index in [1.807, 2.05) is 6.55 Å². The third kappa shape index (κ3) is 7.56. The maximum atomic E-state index is 9.15. The fourth-order valence-electron chi connectivity index (χ4n) is 1.23. The van der Waals surface area contributed by atoms with Gasteiger partial charge >= 0.3 is 0 Å². The Morgan fingerprint density at radius 2 is 2.27 bits per heavy atom. The molecule has 0 aromatic heterocycles. The first kappa shape index (κ1) is 10.7. The zero-order valence-electron chi connectivity index (χ0n) is 7.38. The molecule has 11 heavy (non-hydrogen) atoms. The van der Waals surface area contributed by atoms with E-state index in [0.29, 0.717) is 12.3 Å². The van der Waals surface area contributed by atoms with Crippen LogP contribution in [0, 0.1) is 17.2 Å². The molecule has 2 atom stereocenters. The molecule has 0 aliphatic carbocycles. The van der Waals surface area contributed by atoms with Crippen molar-refractivity contribution >= 4 is 9.04 Å². The lowest BCUT2D eigenvalue weighted by Crippen LogP contribution is -2.10. The van der Waals surface area contributed by atoms with Crippen LogP contribution in [-0.4, -0.2) is 13.8 Å². The molecular weight excluding hydrogens is 154 g/mol. The number of nitrogens with zero attached hydrogens (tertiary/aromatic N) is 1. The van der Waals surface area contributed by atoms with Crippen LogP contribution in [0.2, 0.25) is 12.6 Å². The fraction of sp³-hybridized carbons (Fsp3) is 0.875. The summed E-state index contributed by atoms with van der Waals surface area (Å²) in [5.74, 6) is 0.606. The number of rotatable bonds is 5. The SMILES string of the molecule is CC(CCCC#N)C[SiH](C)O. The molecule has 64 valence electrons. The molecule has 0 aliphatic rings. The molecule has 0 bridgehead atoms. The first-order valence-corrected chi connectivity index (χ1v) is 6.70. The minimum atomic E-state index is -1.36. The molecule has 2 unspecified atom stereocenters. The summed E-state index contributed by atoms with van der Waals surface area (Å²) in [6, 6.07) is 3.12. The van der Waals surface area contributed by atoms with Crippen molar-refractivity contribution in [3.05, 3.63) is 0 Å². The Labute approximate surface area is 70.6 Å². The van der Waals surface area contributed by atoms with Crippen LogP contribution in [0.25, 0.3) is 0 Å². The van der Waals surface area contributed by atoms with Crippen molar-refractivity contribution in [2.75, 3.05) is 0 Å². The van der Waals surface area contributed by atoms with E-state index in [-0.39, 0.29) is 0 Å². The van der Waals surface area contributed by atoms with Gasteiger partial charge in [-0.1, -0.05) is 6.92 Å². The van der Waals surface area contributed by atoms with E-state index in [9.17, 15) is 0 Å². The molecule has 1 N–H and O–H groups in total. The summed E-state index contributed by atoms with van der Waals surface area (Å²) in [7, 11) is -1.36. The summed E-state index contributed by atoms with van der Waals surface area (Å²) in [4.78, 5) is 9.15. The molecule has 0 saturated heterocycles. The van der Waals surface area contributed by atoms with Crippen molar-refractivity contribution in [1.29, 1.82) is 5.26 Å². The minimum absolute atomic E-state index is 0.606. The number of hydrogen-bond acceptors (Lipinski definition) is 2. The van der Waals surface area contributed by atoms with Crippen LogP contribution >= 0.6 is 0 Å². The predicted octanol–water partition coefficient (Wildman–Crippen LogP) is 1.66. The van der Waals surface area contributed by atoms with Gasteiger partial charge in [0.25, 0.3) is 0 Å². The van der Waals surface area contributed by atoms with Crippen molar-refractivity contribution in [3.8, 4) is 6.07 Å². The van der Waals surface area contributed by atoms with E-state index in [0.717, 1.165) is 18.9 Å². The normalized spacial score (nSPS) is 15.5. The molecule has 0 aliphatic heterocycles. The molecule has 0 aromatic carbocycles. The average Bonchev–Trinajstić information content (AvgIpc) is 1.86. The molecule has 0 rings (SSSR count). The summed E-state index contributed by atoms with van der Waals surface area (Å²) in [6.07, 6.45) is 2.73. The first-order chi connectivity index (χ1) is 5.16. The van der Waals surface area contributed by atoms with E-state index >= 15 is 0 Å². The van der Waals surface area contributed by atoms with Gasteiger partial charge in [0.15, 0.2) is 9.04 Å². The van der Waals surface area contributed by atoms with Gasteiger partial charge in [-0.3, -0.25) is 0 Å². The minimum Gasteiger partial charge on any atom is -0.435 e. The second kappa shape index (κ2) is 6.38. The lowest BCUT2D eigenvalue weighted by atomic mass is 10.1. The van der Waals surface area contributed by atoms with Crippen LogP contribution in [0.15, 0.2) is 0 Å². The van der Waals surface area contributed by atoms with Crippen LogP contribution < -0.4 is 0 Å². The molecule has 0 spiro atoms. The van der Waals surface area contributed by atoms with Gasteiger partial charge in [-0.05, 0) is 31.4 Å². The number of hydrogen-bond donors (Lipinski definition) is 1. The predicted molar refractivity (Wildman–Crippen MR) is 48.7 cm³/mol. The first-order valence-electron chi connectivity index (χ1n) is 4.21. The molecule has 2 nitrogen and oxygen atoms in total. The van der Waals surface area contributed by atoms with Crippen LogP contribution in [0.4, 0.5) is 0 Å². The Morgan fingerprint density at radius 3 is 2.73 bits per heavy atom. The molecule has 3 heteroatoms. The largest absolute Gasteiger partial charge is 0.435 e. The van der Waals surface area contributed by atoms with E-state index in [1.54, 1.807) is 0 Å². The Kier molecular flexibility index (Phi) is 6.19. The molecular formula is C8H17NOSi. The van der Waals surface area contributed by atoms with E-state index < -0.39 is 9.04 Å². The van der Waals surface area contributed by atoms with Gasteiger partial charge in [-0.2, -0.15) is 5.26 Å². The third-order valence-electron chi connectivity index (χ3n) is 1.73. The number of unbranched alkanes of at least 4 members (excludes halogenated alkanes) is 1. The van der Waals surface area contributed by atoms with Gasteiger partial charge in [0.05, 0.1) is 6.07 Å². The van der Waals surface area contributed by atoms with E-state index in [4.69, 9.17) is 10.1 Å². The third-order valence-corrected chi connectivity index (χ3v) is 3.22. The second-order valence-corrected chi connectivity index (χ2v) is 5.41. The van der Waals surface area contributed by atoms with Crippen LogP contribution in [0.5, 0.6) is 0 Å². The molecule has 0 saturated carbocycles. The van der Waals surface area contributed by atoms with Gasteiger partial charge in [0, 0.05) is 6.42 Å². The summed E-state index contributed by atoms with van der Waals surface area (Å²) < 4.78 is 0. The summed E-state index contributed by atoms with van der Waals surface area (Å²) in [5.41, 5.74) is 0. The van der Waals surface area contributed by atoms with Gasteiger partial charge in [-0.15, -0.1) is 0 Å². The van der Waals surface area contributed by atoms with Crippen LogP contribution in [0.1, 0.15) is 26.2 Å². The topological polar surface area (TPSA) is 44.0 Å². The summed E-state index contributed by atoms with van der Waals surface area (Å²) >= 11 is 0. The summed E-state index contributed by atoms with van der Waals surface area (Å²) in [5, 5.41) is 8.27. The molecule has 0 amide bonds. The Morgan fingerprint density at radius 1 is 1.64 bits per heavy atom. The van der Waals surface area contributed by atoms with Crippen LogP contribution in [-0.2, 0) is 0 Å². The molecule has 0 radical (unpaired) electrons. The number of nitriles is 1. The highest BCUT2D eigenvalue weighted by atomic mass is 28.3. The standard InChI is InChI=1S/C8H17NOSi/c1-8(7-11(2)10)5-3-4-6-9/h8,10-11H,3-5,7H2,1-2H3. The zero-order valence-corrected chi connectivity index (χ0v) is 8.53. The lowest BCUT2D eigenvalue weighted by Gasteiger charge is -2.10. The highest BCUT2D eigenvalue weighted by Gasteiger charge is 2.06.